The van der Waals surface area contributed by atoms with Crippen LogP contribution in [0.5, 0.6) is 0 Å². The smallest absolute Gasteiger partial charge is 0.329 e. The summed E-state index contributed by atoms with van der Waals surface area (Å²) in [5.41, 5.74) is 2.25. The van der Waals surface area contributed by atoms with E-state index in [4.69, 9.17) is 16.3 Å². The van der Waals surface area contributed by atoms with Crippen LogP contribution in [0.25, 0.3) is 0 Å². The van der Waals surface area contributed by atoms with Gasteiger partial charge < -0.3 is 15.4 Å². The molecule has 2 unspecified atom stereocenters. The number of fused-ring (bicyclic) bond motifs is 1. The molecule has 0 spiro atoms. The molecule has 4 rings (SSSR count). The summed E-state index contributed by atoms with van der Waals surface area (Å²) in [7, 11) is -4.34. The highest BCUT2D eigenvalue weighted by Gasteiger charge is 2.43. The standard InChI is InChI=1S/C30H32ClN3O6S/c1-18(2)40-30(37)24(16-21-10-6-5-7-11-21)32-28(35)17-26-29(36)33-23-12-8-9-13-25(23)34(26)41(38,39)27-15-19(3)22(31)14-20(27)4/h5-15,18,24,26H,16-17H2,1-4H3,(H,32,35)(H,33,36). The monoisotopic (exact) mass is 597 g/mol. The molecule has 0 aromatic heterocycles. The molecule has 1 aliphatic heterocycles. The summed E-state index contributed by atoms with van der Waals surface area (Å²) in [5.74, 6) is -1.99. The number of benzene rings is 3. The average Bonchev–Trinajstić information content (AvgIpc) is 2.90. The molecule has 3 aromatic rings. The Morgan fingerprint density at radius 3 is 2.37 bits per heavy atom. The van der Waals surface area contributed by atoms with E-state index in [2.05, 4.69) is 10.6 Å². The van der Waals surface area contributed by atoms with Crippen molar-refractivity contribution in [2.24, 2.45) is 0 Å². The number of carbonyl (C=O) groups is 3. The minimum atomic E-state index is -4.34. The van der Waals surface area contributed by atoms with Gasteiger partial charge in [0.2, 0.25) is 11.8 Å². The number of para-hydroxylation sites is 2. The molecule has 0 aliphatic carbocycles. The third kappa shape index (κ3) is 6.71. The quantitative estimate of drug-likeness (QED) is 0.349. The van der Waals surface area contributed by atoms with Gasteiger partial charge in [-0.05, 0) is 68.7 Å². The van der Waals surface area contributed by atoms with E-state index in [-0.39, 0.29) is 17.0 Å². The number of sulfonamides is 1. The largest absolute Gasteiger partial charge is 0.461 e. The van der Waals surface area contributed by atoms with E-state index >= 15 is 0 Å². The molecule has 0 fully saturated rings. The summed E-state index contributed by atoms with van der Waals surface area (Å²) in [5, 5.41) is 5.79. The Labute approximate surface area is 244 Å². The number of anilines is 2. The minimum Gasteiger partial charge on any atom is -0.461 e. The van der Waals surface area contributed by atoms with Gasteiger partial charge in [0.15, 0.2) is 0 Å². The molecule has 1 heterocycles. The molecule has 216 valence electrons. The van der Waals surface area contributed by atoms with Crippen LogP contribution in [0.3, 0.4) is 0 Å². The summed E-state index contributed by atoms with van der Waals surface area (Å²) in [6, 6.07) is 16.1. The molecule has 11 heteroatoms. The Kier molecular flexibility index (Phi) is 9.04. The molecule has 0 saturated carbocycles. The third-order valence-electron chi connectivity index (χ3n) is 6.61. The highest BCUT2D eigenvalue weighted by Crippen LogP contribution is 2.38. The van der Waals surface area contributed by atoms with Crippen molar-refractivity contribution >= 4 is 50.8 Å². The van der Waals surface area contributed by atoms with Crippen LogP contribution >= 0.6 is 11.6 Å². The number of nitrogens with zero attached hydrogens (tertiary/aromatic N) is 1. The van der Waals surface area contributed by atoms with Crippen LogP contribution in [0.1, 0.15) is 37.0 Å². The number of hydrogen-bond donors (Lipinski definition) is 2. The lowest BCUT2D eigenvalue weighted by atomic mass is 10.0. The van der Waals surface area contributed by atoms with Gasteiger partial charge in [0, 0.05) is 11.4 Å². The van der Waals surface area contributed by atoms with Gasteiger partial charge in [-0.3, -0.25) is 13.9 Å². The van der Waals surface area contributed by atoms with Gasteiger partial charge in [0.25, 0.3) is 10.0 Å². The molecular formula is C30H32ClN3O6S. The summed E-state index contributed by atoms with van der Waals surface area (Å²) in [6.07, 6.45) is -0.793. The van der Waals surface area contributed by atoms with Gasteiger partial charge >= 0.3 is 5.97 Å². The average molecular weight is 598 g/mol. The Bertz CT molecular complexity index is 1580. The van der Waals surface area contributed by atoms with Crippen LogP contribution < -0.4 is 14.9 Å². The maximum absolute atomic E-state index is 14.2. The van der Waals surface area contributed by atoms with Crippen molar-refractivity contribution in [1.29, 1.82) is 0 Å². The Morgan fingerprint density at radius 1 is 1.02 bits per heavy atom. The second-order valence-corrected chi connectivity index (χ2v) is 12.4. The van der Waals surface area contributed by atoms with Crippen LogP contribution in [0, 0.1) is 13.8 Å². The molecule has 2 amide bonds. The molecule has 3 aromatic carbocycles. The maximum Gasteiger partial charge on any atom is 0.329 e. The Hall–Kier alpha value is -3.89. The van der Waals surface area contributed by atoms with Gasteiger partial charge in [-0.2, -0.15) is 0 Å². The number of halogens is 1. The van der Waals surface area contributed by atoms with Crippen LogP contribution in [-0.4, -0.2) is 44.4 Å². The number of esters is 1. The predicted octanol–water partition coefficient (Wildman–Crippen LogP) is 4.54. The molecule has 2 atom stereocenters. The summed E-state index contributed by atoms with van der Waals surface area (Å²) in [6.45, 7) is 6.70. The summed E-state index contributed by atoms with van der Waals surface area (Å²) in [4.78, 5) is 39.6. The number of nitrogens with one attached hydrogen (secondary N) is 2. The number of aryl methyl sites for hydroxylation is 2. The Balaban J connectivity index is 1.69. The first-order valence-corrected chi connectivity index (χ1v) is 14.9. The van der Waals surface area contributed by atoms with Crippen LogP contribution in [0.4, 0.5) is 11.4 Å². The van der Waals surface area contributed by atoms with Crippen LogP contribution in [0.15, 0.2) is 71.6 Å². The lowest BCUT2D eigenvalue weighted by Crippen LogP contribution is -2.54. The van der Waals surface area contributed by atoms with Crippen molar-refractivity contribution in [3.63, 3.8) is 0 Å². The highest BCUT2D eigenvalue weighted by atomic mass is 35.5. The van der Waals surface area contributed by atoms with Crippen molar-refractivity contribution in [2.75, 3.05) is 9.62 Å². The number of ether oxygens (including phenoxy) is 1. The van der Waals surface area contributed by atoms with Gasteiger partial charge in [0.1, 0.15) is 12.1 Å². The molecule has 9 nitrogen and oxygen atoms in total. The van der Waals surface area contributed by atoms with E-state index in [1.165, 1.54) is 6.07 Å². The second kappa shape index (κ2) is 12.3. The zero-order valence-corrected chi connectivity index (χ0v) is 24.8. The van der Waals surface area contributed by atoms with E-state index in [1.54, 1.807) is 58.0 Å². The van der Waals surface area contributed by atoms with Gasteiger partial charge in [-0.15, -0.1) is 0 Å². The van der Waals surface area contributed by atoms with Crippen molar-refractivity contribution < 1.29 is 27.5 Å². The van der Waals surface area contributed by atoms with E-state index in [0.717, 1.165) is 9.87 Å². The highest BCUT2D eigenvalue weighted by molar-refractivity contribution is 7.93. The third-order valence-corrected chi connectivity index (χ3v) is 8.98. The first-order valence-electron chi connectivity index (χ1n) is 13.1. The zero-order chi connectivity index (χ0) is 29.9. The molecular weight excluding hydrogens is 566 g/mol. The molecule has 1 aliphatic rings. The minimum absolute atomic E-state index is 0.0308. The topological polar surface area (TPSA) is 122 Å². The molecule has 41 heavy (non-hydrogen) atoms. The summed E-state index contributed by atoms with van der Waals surface area (Å²) >= 11 is 6.22. The number of rotatable bonds is 9. The predicted molar refractivity (Wildman–Crippen MR) is 157 cm³/mol. The molecule has 0 bridgehead atoms. The van der Waals surface area contributed by atoms with Crippen LogP contribution in [-0.2, 0) is 35.6 Å². The van der Waals surface area contributed by atoms with Crippen molar-refractivity contribution in [3.8, 4) is 0 Å². The lowest BCUT2D eigenvalue weighted by molar-refractivity contribution is -0.151. The van der Waals surface area contributed by atoms with Gasteiger partial charge in [-0.1, -0.05) is 54.1 Å². The summed E-state index contributed by atoms with van der Waals surface area (Å²) < 4.78 is 34.7. The second-order valence-electron chi connectivity index (χ2n) is 10.2. The van der Waals surface area contributed by atoms with Crippen molar-refractivity contribution in [2.45, 2.75) is 63.6 Å². The SMILES string of the molecule is Cc1cc(S(=O)(=O)N2c3ccccc3NC(=O)C2CC(=O)NC(Cc2ccccc2)C(=O)OC(C)C)c(C)cc1Cl. The fraction of sp³-hybridized carbons (Fsp3) is 0.300. The Morgan fingerprint density at radius 2 is 1.68 bits per heavy atom. The molecule has 0 radical (unpaired) electrons. The van der Waals surface area contributed by atoms with E-state index < -0.39 is 52.4 Å². The normalized spacial score (nSPS) is 15.6. The number of amides is 2. The fourth-order valence-corrected chi connectivity index (χ4v) is 6.80. The fourth-order valence-electron chi connectivity index (χ4n) is 4.66. The zero-order valence-electron chi connectivity index (χ0n) is 23.2. The number of carbonyl (C=O) groups excluding carboxylic acids is 3. The van der Waals surface area contributed by atoms with Gasteiger partial charge in [0.05, 0.1) is 28.8 Å². The first-order chi connectivity index (χ1) is 19.4. The van der Waals surface area contributed by atoms with E-state index in [0.29, 0.717) is 21.8 Å². The van der Waals surface area contributed by atoms with Crippen molar-refractivity contribution in [3.05, 3.63) is 88.4 Å². The molecule has 0 saturated heterocycles. The first kappa shape index (κ1) is 30.1. The van der Waals surface area contributed by atoms with Gasteiger partial charge in [-0.25, -0.2) is 13.2 Å². The lowest BCUT2D eigenvalue weighted by Gasteiger charge is -2.37. The number of hydrogen-bond acceptors (Lipinski definition) is 6. The van der Waals surface area contributed by atoms with Crippen molar-refractivity contribution in [1.82, 2.24) is 5.32 Å². The van der Waals surface area contributed by atoms with E-state index in [9.17, 15) is 22.8 Å². The molecule has 2 N–H and O–H groups in total. The maximum atomic E-state index is 14.2. The van der Waals surface area contributed by atoms with E-state index in [1.807, 2.05) is 30.3 Å². The van der Waals surface area contributed by atoms with Crippen LogP contribution in [0.2, 0.25) is 5.02 Å².